The van der Waals surface area contributed by atoms with E-state index in [4.69, 9.17) is 0 Å². The standard InChI is InChI=1S/C12H23N3/c1-3-5-6-10-15-12(7-9-14-15)11-13-8-4-2/h7,9,13H,3-6,8,10-11H2,1-2H3. The summed E-state index contributed by atoms with van der Waals surface area (Å²) in [5.41, 5.74) is 1.31. The van der Waals surface area contributed by atoms with E-state index in [1.54, 1.807) is 0 Å². The minimum Gasteiger partial charge on any atom is -0.311 e. The Morgan fingerprint density at radius 2 is 2.13 bits per heavy atom. The maximum absolute atomic E-state index is 4.34. The Hall–Kier alpha value is -0.830. The molecule has 1 heterocycles. The molecule has 0 unspecified atom stereocenters. The van der Waals surface area contributed by atoms with Crippen molar-refractivity contribution in [2.24, 2.45) is 0 Å². The third-order valence-corrected chi connectivity index (χ3v) is 2.51. The maximum Gasteiger partial charge on any atom is 0.0522 e. The van der Waals surface area contributed by atoms with E-state index in [0.717, 1.165) is 19.6 Å². The molecule has 15 heavy (non-hydrogen) atoms. The van der Waals surface area contributed by atoms with Gasteiger partial charge >= 0.3 is 0 Å². The van der Waals surface area contributed by atoms with Crippen LogP contribution in [0.2, 0.25) is 0 Å². The predicted molar refractivity (Wildman–Crippen MR) is 63.7 cm³/mol. The zero-order valence-electron chi connectivity index (χ0n) is 10.00. The van der Waals surface area contributed by atoms with Gasteiger partial charge in [-0.3, -0.25) is 4.68 Å². The van der Waals surface area contributed by atoms with Gasteiger partial charge in [-0.2, -0.15) is 5.10 Å². The SMILES string of the molecule is CCCCCn1nccc1CNCCC. The third-order valence-electron chi connectivity index (χ3n) is 2.51. The number of nitrogens with zero attached hydrogens (tertiary/aromatic N) is 2. The van der Waals surface area contributed by atoms with Crippen molar-refractivity contribution < 1.29 is 0 Å². The van der Waals surface area contributed by atoms with Gasteiger partial charge in [-0.1, -0.05) is 26.7 Å². The summed E-state index contributed by atoms with van der Waals surface area (Å²) in [4.78, 5) is 0. The van der Waals surface area contributed by atoms with Crippen LogP contribution in [-0.2, 0) is 13.1 Å². The van der Waals surface area contributed by atoms with E-state index in [1.165, 1.54) is 31.4 Å². The molecular formula is C12H23N3. The normalized spacial score (nSPS) is 10.8. The van der Waals surface area contributed by atoms with Gasteiger partial charge in [0.2, 0.25) is 0 Å². The van der Waals surface area contributed by atoms with Crippen molar-refractivity contribution in [3.63, 3.8) is 0 Å². The van der Waals surface area contributed by atoms with E-state index < -0.39 is 0 Å². The molecule has 0 saturated heterocycles. The molecule has 86 valence electrons. The molecule has 3 nitrogen and oxygen atoms in total. The highest BCUT2D eigenvalue weighted by atomic mass is 15.3. The Labute approximate surface area is 92.9 Å². The van der Waals surface area contributed by atoms with Crippen molar-refractivity contribution in [1.82, 2.24) is 15.1 Å². The molecule has 0 aliphatic carbocycles. The second-order valence-corrected chi connectivity index (χ2v) is 3.93. The van der Waals surface area contributed by atoms with Gasteiger partial charge in [-0.15, -0.1) is 0 Å². The third kappa shape index (κ3) is 4.47. The lowest BCUT2D eigenvalue weighted by atomic mass is 10.2. The van der Waals surface area contributed by atoms with Gasteiger partial charge in [0.15, 0.2) is 0 Å². The molecule has 3 heteroatoms. The fraction of sp³-hybridized carbons (Fsp3) is 0.750. The summed E-state index contributed by atoms with van der Waals surface area (Å²) in [6.07, 6.45) is 6.88. The smallest absolute Gasteiger partial charge is 0.0522 e. The number of unbranched alkanes of at least 4 members (excludes halogenated alkanes) is 2. The van der Waals surface area contributed by atoms with E-state index in [1.807, 2.05) is 6.20 Å². The fourth-order valence-corrected chi connectivity index (χ4v) is 1.62. The van der Waals surface area contributed by atoms with Gasteiger partial charge < -0.3 is 5.32 Å². The van der Waals surface area contributed by atoms with E-state index in [2.05, 4.69) is 35.0 Å². The van der Waals surface area contributed by atoms with Gasteiger partial charge in [-0.25, -0.2) is 0 Å². The van der Waals surface area contributed by atoms with Gasteiger partial charge in [0.1, 0.15) is 0 Å². The molecule has 0 aliphatic rings. The highest BCUT2D eigenvalue weighted by Gasteiger charge is 2.00. The first-order valence-corrected chi connectivity index (χ1v) is 6.09. The first kappa shape index (κ1) is 12.2. The molecule has 0 fully saturated rings. The predicted octanol–water partition coefficient (Wildman–Crippen LogP) is 2.57. The van der Waals surface area contributed by atoms with Crippen molar-refractivity contribution in [2.45, 2.75) is 52.6 Å². The Morgan fingerprint density at radius 1 is 1.27 bits per heavy atom. The Kier molecular flexibility index (Phi) is 6.09. The minimum atomic E-state index is 0.944. The van der Waals surface area contributed by atoms with Crippen molar-refractivity contribution >= 4 is 0 Å². The summed E-state index contributed by atoms with van der Waals surface area (Å²) >= 11 is 0. The second kappa shape index (κ2) is 7.46. The molecule has 1 aromatic rings. The van der Waals surface area contributed by atoms with E-state index >= 15 is 0 Å². The summed E-state index contributed by atoms with van der Waals surface area (Å²) in [5.74, 6) is 0. The summed E-state index contributed by atoms with van der Waals surface area (Å²) in [5, 5.41) is 7.75. The lowest BCUT2D eigenvalue weighted by molar-refractivity contribution is 0.519. The lowest BCUT2D eigenvalue weighted by Gasteiger charge is -2.07. The van der Waals surface area contributed by atoms with Crippen LogP contribution >= 0.6 is 0 Å². The molecule has 1 N–H and O–H groups in total. The van der Waals surface area contributed by atoms with Crippen molar-refractivity contribution in [3.8, 4) is 0 Å². The molecule has 0 atom stereocenters. The molecular weight excluding hydrogens is 186 g/mol. The number of hydrogen-bond acceptors (Lipinski definition) is 2. The van der Waals surface area contributed by atoms with E-state index in [-0.39, 0.29) is 0 Å². The average Bonchev–Trinajstić information content (AvgIpc) is 2.67. The van der Waals surface area contributed by atoms with Crippen LogP contribution in [0.25, 0.3) is 0 Å². The first-order valence-electron chi connectivity index (χ1n) is 6.09. The number of hydrogen-bond donors (Lipinski definition) is 1. The second-order valence-electron chi connectivity index (χ2n) is 3.93. The zero-order chi connectivity index (χ0) is 10.9. The zero-order valence-corrected chi connectivity index (χ0v) is 10.00. The first-order chi connectivity index (χ1) is 7.38. The summed E-state index contributed by atoms with van der Waals surface area (Å²) < 4.78 is 2.12. The Balaban J connectivity index is 2.32. The molecule has 1 aromatic heterocycles. The molecule has 0 aromatic carbocycles. The van der Waals surface area contributed by atoms with Crippen molar-refractivity contribution in [1.29, 1.82) is 0 Å². The number of aryl methyl sites for hydroxylation is 1. The number of rotatable bonds is 8. The van der Waals surface area contributed by atoms with E-state index in [9.17, 15) is 0 Å². The summed E-state index contributed by atoms with van der Waals surface area (Å²) in [6.45, 7) is 7.50. The highest BCUT2D eigenvalue weighted by Crippen LogP contribution is 2.03. The monoisotopic (exact) mass is 209 g/mol. The highest BCUT2D eigenvalue weighted by molar-refractivity contribution is 4.99. The molecule has 0 amide bonds. The van der Waals surface area contributed by atoms with Gasteiger partial charge in [-0.05, 0) is 25.5 Å². The van der Waals surface area contributed by atoms with Crippen molar-refractivity contribution in [3.05, 3.63) is 18.0 Å². The Morgan fingerprint density at radius 3 is 2.87 bits per heavy atom. The van der Waals surface area contributed by atoms with Crippen LogP contribution in [0, 0.1) is 0 Å². The maximum atomic E-state index is 4.34. The molecule has 0 saturated carbocycles. The van der Waals surface area contributed by atoms with Crippen LogP contribution in [0.15, 0.2) is 12.3 Å². The van der Waals surface area contributed by atoms with Crippen LogP contribution in [0.1, 0.15) is 45.2 Å². The van der Waals surface area contributed by atoms with Gasteiger partial charge in [0.25, 0.3) is 0 Å². The number of nitrogens with one attached hydrogen (secondary N) is 1. The average molecular weight is 209 g/mol. The van der Waals surface area contributed by atoms with Crippen molar-refractivity contribution in [2.75, 3.05) is 6.54 Å². The Bertz CT molecular complexity index is 231. The summed E-state index contributed by atoms with van der Waals surface area (Å²) in [7, 11) is 0. The molecule has 0 spiro atoms. The fourth-order valence-electron chi connectivity index (χ4n) is 1.62. The van der Waals surface area contributed by atoms with Gasteiger partial charge in [0.05, 0.1) is 5.69 Å². The lowest BCUT2D eigenvalue weighted by Crippen LogP contribution is -2.17. The van der Waals surface area contributed by atoms with Crippen LogP contribution < -0.4 is 5.32 Å². The quantitative estimate of drug-likeness (QED) is 0.667. The van der Waals surface area contributed by atoms with Gasteiger partial charge in [0, 0.05) is 19.3 Å². The van der Waals surface area contributed by atoms with Crippen LogP contribution in [0.4, 0.5) is 0 Å². The molecule has 0 radical (unpaired) electrons. The van der Waals surface area contributed by atoms with E-state index in [0.29, 0.717) is 0 Å². The topological polar surface area (TPSA) is 29.9 Å². The molecule has 0 aliphatic heterocycles. The van der Waals surface area contributed by atoms with Crippen LogP contribution in [-0.4, -0.2) is 16.3 Å². The largest absolute Gasteiger partial charge is 0.311 e. The molecule has 0 bridgehead atoms. The number of aromatic nitrogens is 2. The molecule has 1 rings (SSSR count). The van der Waals surface area contributed by atoms with Crippen LogP contribution in [0.5, 0.6) is 0 Å². The van der Waals surface area contributed by atoms with Crippen LogP contribution in [0.3, 0.4) is 0 Å². The summed E-state index contributed by atoms with van der Waals surface area (Å²) in [6, 6.07) is 2.11. The minimum absolute atomic E-state index is 0.944.